The van der Waals surface area contributed by atoms with Crippen molar-refractivity contribution in [1.29, 1.82) is 0 Å². The standard InChI is InChI=1S/C24H47NO/c1-4-5-6-7-8-9-10-11-12-13-14-15-16-17-18-19-22-25-24(26)21-20-23(2)3/h11-12,23H,4-10,13-22H2,1-3H3,(H,25,26)/b12-11-. The average molecular weight is 366 g/mol. The molecule has 0 aliphatic rings. The van der Waals surface area contributed by atoms with E-state index in [1.165, 1.54) is 83.5 Å². The number of allylic oxidation sites excluding steroid dienone is 2. The van der Waals surface area contributed by atoms with Gasteiger partial charge in [-0.2, -0.15) is 0 Å². The highest BCUT2D eigenvalue weighted by Crippen LogP contribution is 2.10. The molecule has 0 aliphatic carbocycles. The third kappa shape index (κ3) is 21.3. The van der Waals surface area contributed by atoms with Crippen LogP contribution in [0.5, 0.6) is 0 Å². The first kappa shape index (κ1) is 25.2. The number of unbranched alkanes of at least 4 members (excludes halogenated alkanes) is 12. The molecule has 0 fully saturated rings. The Balaban J connectivity index is 3.17. The summed E-state index contributed by atoms with van der Waals surface area (Å²) in [5.74, 6) is 0.845. The molecule has 0 unspecified atom stereocenters. The van der Waals surface area contributed by atoms with Crippen molar-refractivity contribution in [3.63, 3.8) is 0 Å². The van der Waals surface area contributed by atoms with Gasteiger partial charge in [0, 0.05) is 13.0 Å². The predicted molar refractivity (Wildman–Crippen MR) is 117 cm³/mol. The van der Waals surface area contributed by atoms with E-state index in [1.54, 1.807) is 0 Å². The number of rotatable bonds is 19. The smallest absolute Gasteiger partial charge is 0.220 e. The molecule has 0 radical (unpaired) electrons. The Bertz CT molecular complexity index is 322. The van der Waals surface area contributed by atoms with Gasteiger partial charge in [-0.25, -0.2) is 0 Å². The highest BCUT2D eigenvalue weighted by molar-refractivity contribution is 5.75. The first-order valence-electron chi connectivity index (χ1n) is 11.6. The van der Waals surface area contributed by atoms with Crippen LogP contribution in [0.1, 0.15) is 124 Å². The van der Waals surface area contributed by atoms with Crippen LogP contribution in [-0.2, 0) is 4.79 Å². The van der Waals surface area contributed by atoms with E-state index in [2.05, 4.69) is 38.2 Å². The molecule has 0 saturated carbocycles. The molecule has 0 saturated heterocycles. The van der Waals surface area contributed by atoms with Crippen LogP contribution in [0.2, 0.25) is 0 Å². The van der Waals surface area contributed by atoms with Gasteiger partial charge in [0.25, 0.3) is 0 Å². The Hall–Kier alpha value is -0.790. The summed E-state index contributed by atoms with van der Waals surface area (Å²) >= 11 is 0. The summed E-state index contributed by atoms with van der Waals surface area (Å²) < 4.78 is 0. The van der Waals surface area contributed by atoms with Gasteiger partial charge in [0.05, 0.1) is 0 Å². The minimum atomic E-state index is 0.228. The van der Waals surface area contributed by atoms with Gasteiger partial charge >= 0.3 is 0 Å². The van der Waals surface area contributed by atoms with Crippen molar-refractivity contribution in [2.45, 2.75) is 124 Å². The highest BCUT2D eigenvalue weighted by Gasteiger charge is 2.02. The molecule has 2 nitrogen and oxygen atoms in total. The average Bonchev–Trinajstić information content (AvgIpc) is 2.62. The molecule has 0 rings (SSSR count). The molecule has 2 heteroatoms. The second-order valence-corrected chi connectivity index (χ2v) is 8.22. The molecule has 154 valence electrons. The molecule has 0 heterocycles. The number of nitrogens with one attached hydrogen (secondary N) is 1. The zero-order valence-electron chi connectivity index (χ0n) is 18.2. The summed E-state index contributed by atoms with van der Waals surface area (Å²) in [7, 11) is 0. The lowest BCUT2D eigenvalue weighted by atomic mass is 10.1. The lowest BCUT2D eigenvalue weighted by molar-refractivity contribution is -0.121. The van der Waals surface area contributed by atoms with Crippen LogP contribution in [0.4, 0.5) is 0 Å². The molecule has 1 N–H and O–H groups in total. The fourth-order valence-corrected chi connectivity index (χ4v) is 3.11. The SMILES string of the molecule is CCCCCCCC/C=C\CCCCCCCCNC(=O)CCC(C)C. The van der Waals surface area contributed by atoms with Crippen LogP contribution >= 0.6 is 0 Å². The van der Waals surface area contributed by atoms with E-state index in [4.69, 9.17) is 0 Å². The summed E-state index contributed by atoms with van der Waals surface area (Å²) in [4.78, 5) is 11.6. The molecule has 0 aromatic heterocycles. The summed E-state index contributed by atoms with van der Waals surface area (Å²) in [6, 6.07) is 0. The molecular formula is C24H47NO. The maximum absolute atomic E-state index is 11.6. The minimum Gasteiger partial charge on any atom is -0.356 e. The Morgan fingerprint density at radius 1 is 0.769 bits per heavy atom. The van der Waals surface area contributed by atoms with Crippen molar-refractivity contribution in [3.8, 4) is 0 Å². The second-order valence-electron chi connectivity index (χ2n) is 8.22. The third-order valence-corrected chi connectivity index (χ3v) is 4.96. The zero-order chi connectivity index (χ0) is 19.3. The van der Waals surface area contributed by atoms with Gasteiger partial charge in [-0.1, -0.05) is 90.7 Å². The van der Waals surface area contributed by atoms with Crippen LogP contribution in [0.3, 0.4) is 0 Å². The molecule has 0 aromatic rings. The van der Waals surface area contributed by atoms with Gasteiger partial charge in [0.15, 0.2) is 0 Å². The summed E-state index contributed by atoms with van der Waals surface area (Å²) in [5, 5.41) is 3.04. The maximum Gasteiger partial charge on any atom is 0.220 e. The van der Waals surface area contributed by atoms with E-state index in [-0.39, 0.29) is 5.91 Å². The largest absolute Gasteiger partial charge is 0.356 e. The molecule has 0 bridgehead atoms. The van der Waals surface area contributed by atoms with Crippen molar-refractivity contribution in [2.24, 2.45) is 5.92 Å². The number of amides is 1. The van der Waals surface area contributed by atoms with E-state index >= 15 is 0 Å². The first-order valence-corrected chi connectivity index (χ1v) is 11.6. The van der Waals surface area contributed by atoms with E-state index in [1.807, 2.05) is 0 Å². The molecule has 26 heavy (non-hydrogen) atoms. The quantitative estimate of drug-likeness (QED) is 0.185. The Morgan fingerprint density at radius 3 is 1.81 bits per heavy atom. The summed E-state index contributed by atoms with van der Waals surface area (Å²) in [5.41, 5.74) is 0. The van der Waals surface area contributed by atoms with Gasteiger partial charge in [0.2, 0.25) is 5.91 Å². The van der Waals surface area contributed by atoms with Crippen molar-refractivity contribution in [2.75, 3.05) is 6.54 Å². The van der Waals surface area contributed by atoms with Gasteiger partial charge < -0.3 is 5.32 Å². The number of hydrogen-bond donors (Lipinski definition) is 1. The van der Waals surface area contributed by atoms with E-state index < -0.39 is 0 Å². The van der Waals surface area contributed by atoms with Gasteiger partial charge in [-0.15, -0.1) is 0 Å². The zero-order valence-corrected chi connectivity index (χ0v) is 18.2. The third-order valence-electron chi connectivity index (χ3n) is 4.96. The van der Waals surface area contributed by atoms with Crippen molar-refractivity contribution >= 4 is 5.91 Å². The Kier molecular flexibility index (Phi) is 19.9. The molecule has 0 aliphatic heterocycles. The van der Waals surface area contributed by atoms with Gasteiger partial charge in [0.1, 0.15) is 0 Å². The fraction of sp³-hybridized carbons (Fsp3) is 0.875. The first-order chi connectivity index (χ1) is 12.7. The minimum absolute atomic E-state index is 0.228. The van der Waals surface area contributed by atoms with Crippen LogP contribution in [0.25, 0.3) is 0 Å². The van der Waals surface area contributed by atoms with Crippen LogP contribution in [-0.4, -0.2) is 12.5 Å². The van der Waals surface area contributed by atoms with E-state index in [9.17, 15) is 4.79 Å². The topological polar surface area (TPSA) is 29.1 Å². The molecule has 0 aromatic carbocycles. The van der Waals surface area contributed by atoms with E-state index in [0.29, 0.717) is 12.3 Å². The number of carbonyl (C=O) groups is 1. The lowest BCUT2D eigenvalue weighted by Crippen LogP contribution is -2.24. The van der Waals surface area contributed by atoms with Crippen molar-refractivity contribution < 1.29 is 4.79 Å². The molecular weight excluding hydrogens is 318 g/mol. The number of hydrogen-bond acceptors (Lipinski definition) is 1. The van der Waals surface area contributed by atoms with Crippen LogP contribution < -0.4 is 5.32 Å². The van der Waals surface area contributed by atoms with E-state index in [0.717, 1.165) is 19.4 Å². The molecule has 1 amide bonds. The normalized spacial score (nSPS) is 11.5. The highest BCUT2D eigenvalue weighted by atomic mass is 16.1. The predicted octanol–water partition coefficient (Wildman–Crippen LogP) is 7.58. The molecule has 0 spiro atoms. The monoisotopic (exact) mass is 365 g/mol. The van der Waals surface area contributed by atoms with Crippen molar-refractivity contribution in [3.05, 3.63) is 12.2 Å². The van der Waals surface area contributed by atoms with Gasteiger partial charge in [-0.3, -0.25) is 4.79 Å². The lowest BCUT2D eigenvalue weighted by Gasteiger charge is -2.06. The number of carbonyl (C=O) groups excluding carboxylic acids is 1. The molecule has 0 atom stereocenters. The Morgan fingerprint density at radius 2 is 1.27 bits per heavy atom. The fourth-order valence-electron chi connectivity index (χ4n) is 3.11. The summed E-state index contributed by atoms with van der Waals surface area (Å²) in [6.07, 6.45) is 25.1. The van der Waals surface area contributed by atoms with Crippen LogP contribution in [0, 0.1) is 5.92 Å². The second kappa shape index (κ2) is 20.5. The van der Waals surface area contributed by atoms with Crippen LogP contribution in [0.15, 0.2) is 12.2 Å². The van der Waals surface area contributed by atoms with Gasteiger partial charge in [-0.05, 0) is 44.4 Å². The summed E-state index contributed by atoms with van der Waals surface area (Å²) in [6.45, 7) is 7.47. The van der Waals surface area contributed by atoms with Crippen molar-refractivity contribution in [1.82, 2.24) is 5.32 Å². The Labute approximate surface area is 164 Å². The maximum atomic E-state index is 11.6.